The van der Waals surface area contributed by atoms with E-state index in [1.807, 2.05) is 0 Å². The number of likely N-dealkylation sites (N-methyl/N-ethyl adjacent to an activating group) is 2. The molecule has 0 spiro atoms. The second-order valence-corrected chi connectivity index (χ2v) is 3.46. The molecule has 0 aliphatic heterocycles. The van der Waals surface area contributed by atoms with Crippen LogP contribution in [0.5, 0.6) is 0 Å². The van der Waals surface area contributed by atoms with E-state index < -0.39 is 24.7 Å². The maximum Gasteiger partial charge on any atom is 0.401 e. The SMILES string of the molecule is CCNC(CN(CC)CC(F)(F)F)C(N)=O. The second-order valence-electron chi connectivity index (χ2n) is 3.46. The first kappa shape index (κ1) is 15.2. The number of halogens is 3. The first-order valence-electron chi connectivity index (χ1n) is 5.12. The molecule has 0 aliphatic carbocycles. The van der Waals surface area contributed by atoms with Gasteiger partial charge < -0.3 is 11.1 Å². The molecule has 7 heteroatoms. The van der Waals surface area contributed by atoms with Gasteiger partial charge in [0, 0.05) is 6.54 Å². The molecule has 0 aromatic heterocycles. The van der Waals surface area contributed by atoms with Gasteiger partial charge in [-0.05, 0) is 13.1 Å². The van der Waals surface area contributed by atoms with Crippen LogP contribution < -0.4 is 11.1 Å². The zero-order chi connectivity index (χ0) is 12.8. The number of primary amides is 1. The van der Waals surface area contributed by atoms with Crippen LogP contribution in [0.2, 0.25) is 0 Å². The smallest absolute Gasteiger partial charge is 0.368 e. The van der Waals surface area contributed by atoms with Gasteiger partial charge in [0.1, 0.15) is 0 Å². The monoisotopic (exact) mass is 241 g/mol. The number of nitrogens with one attached hydrogen (secondary N) is 1. The fourth-order valence-electron chi connectivity index (χ4n) is 1.32. The molecule has 0 saturated heterocycles. The molecule has 0 aromatic rings. The van der Waals surface area contributed by atoms with Crippen molar-refractivity contribution < 1.29 is 18.0 Å². The third kappa shape index (κ3) is 6.62. The molecule has 4 nitrogen and oxygen atoms in total. The lowest BCUT2D eigenvalue weighted by Gasteiger charge is -2.25. The van der Waals surface area contributed by atoms with Crippen LogP contribution in [0.25, 0.3) is 0 Å². The van der Waals surface area contributed by atoms with Crippen molar-refractivity contribution in [2.45, 2.75) is 26.1 Å². The van der Waals surface area contributed by atoms with E-state index in [0.717, 1.165) is 4.90 Å². The standard InChI is InChI=1S/C9H18F3N3O/c1-3-14-7(8(13)16)5-15(4-2)6-9(10,11)12/h7,14H,3-6H2,1-2H3,(H2,13,16). The fourth-order valence-corrected chi connectivity index (χ4v) is 1.32. The first-order valence-corrected chi connectivity index (χ1v) is 5.12. The molecule has 1 atom stereocenters. The van der Waals surface area contributed by atoms with Crippen molar-refractivity contribution in [3.8, 4) is 0 Å². The van der Waals surface area contributed by atoms with Gasteiger partial charge in [-0.25, -0.2) is 0 Å². The predicted molar refractivity (Wildman–Crippen MR) is 54.8 cm³/mol. The third-order valence-electron chi connectivity index (χ3n) is 2.08. The number of alkyl halides is 3. The van der Waals surface area contributed by atoms with Crippen LogP contribution in [0.3, 0.4) is 0 Å². The van der Waals surface area contributed by atoms with Crippen LogP contribution in [0.1, 0.15) is 13.8 Å². The Kier molecular flexibility index (Phi) is 6.35. The molecule has 0 aromatic carbocycles. The molecule has 0 rings (SSSR count). The minimum Gasteiger partial charge on any atom is -0.368 e. The third-order valence-corrected chi connectivity index (χ3v) is 2.08. The molecule has 0 fully saturated rings. The normalized spacial score (nSPS) is 14.1. The van der Waals surface area contributed by atoms with Gasteiger partial charge in [-0.2, -0.15) is 13.2 Å². The van der Waals surface area contributed by atoms with Gasteiger partial charge >= 0.3 is 6.18 Å². The van der Waals surface area contributed by atoms with Crippen molar-refractivity contribution in [3.63, 3.8) is 0 Å². The van der Waals surface area contributed by atoms with E-state index in [1.165, 1.54) is 0 Å². The number of carbonyl (C=O) groups excluding carboxylic acids is 1. The number of rotatable bonds is 7. The number of carbonyl (C=O) groups is 1. The number of hydrogen-bond acceptors (Lipinski definition) is 3. The molecular weight excluding hydrogens is 223 g/mol. The fraction of sp³-hybridized carbons (Fsp3) is 0.889. The van der Waals surface area contributed by atoms with E-state index in [1.54, 1.807) is 13.8 Å². The number of hydrogen-bond donors (Lipinski definition) is 2. The van der Waals surface area contributed by atoms with Gasteiger partial charge in [0.2, 0.25) is 5.91 Å². The topological polar surface area (TPSA) is 58.4 Å². The van der Waals surface area contributed by atoms with Gasteiger partial charge in [-0.1, -0.05) is 13.8 Å². The first-order chi connectivity index (χ1) is 7.30. The molecule has 3 N–H and O–H groups in total. The molecule has 0 radical (unpaired) electrons. The van der Waals surface area contributed by atoms with E-state index in [0.29, 0.717) is 6.54 Å². The van der Waals surface area contributed by atoms with Gasteiger partial charge in [0.05, 0.1) is 12.6 Å². The Morgan fingerprint density at radius 3 is 2.31 bits per heavy atom. The van der Waals surface area contributed by atoms with E-state index in [9.17, 15) is 18.0 Å². The van der Waals surface area contributed by atoms with Crippen molar-refractivity contribution in [2.75, 3.05) is 26.2 Å². The van der Waals surface area contributed by atoms with Crippen LogP contribution in [-0.4, -0.2) is 49.2 Å². The summed E-state index contributed by atoms with van der Waals surface area (Å²) in [6.07, 6.45) is -4.26. The van der Waals surface area contributed by atoms with Gasteiger partial charge in [-0.15, -0.1) is 0 Å². The highest BCUT2D eigenvalue weighted by Crippen LogP contribution is 2.16. The Morgan fingerprint density at radius 1 is 1.44 bits per heavy atom. The molecular formula is C9H18F3N3O. The highest BCUT2D eigenvalue weighted by Gasteiger charge is 2.31. The highest BCUT2D eigenvalue weighted by atomic mass is 19.4. The summed E-state index contributed by atoms with van der Waals surface area (Å²) >= 11 is 0. The lowest BCUT2D eigenvalue weighted by Crippen LogP contribution is -2.50. The summed E-state index contributed by atoms with van der Waals surface area (Å²) in [6, 6.07) is -0.743. The molecule has 96 valence electrons. The number of nitrogens with zero attached hydrogens (tertiary/aromatic N) is 1. The molecule has 16 heavy (non-hydrogen) atoms. The average molecular weight is 241 g/mol. The van der Waals surface area contributed by atoms with Crippen molar-refractivity contribution in [1.29, 1.82) is 0 Å². The minimum absolute atomic E-state index is 0.0286. The minimum atomic E-state index is -4.26. The molecule has 0 saturated carbocycles. The maximum atomic E-state index is 12.2. The van der Waals surface area contributed by atoms with Crippen molar-refractivity contribution in [3.05, 3.63) is 0 Å². The zero-order valence-corrected chi connectivity index (χ0v) is 9.47. The highest BCUT2D eigenvalue weighted by molar-refractivity contribution is 5.80. The summed E-state index contributed by atoms with van der Waals surface area (Å²) in [4.78, 5) is 12.1. The average Bonchev–Trinajstić information content (AvgIpc) is 2.13. The van der Waals surface area contributed by atoms with Crippen molar-refractivity contribution in [2.24, 2.45) is 5.73 Å². The van der Waals surface area contributed by atoms with Crippen molar-refractivity contribution >= 4 is 5.91 Å². The largest absolute Gasteiger partial charge is 0.401 e. The Balaban J connectivity index is 4.32. The van der Waals surface area contributed by atoms with Gasteiger partial charge in [-0.3, -0.25) is 9.69 Å². The number of nitrogens with two attached hydrogens (primary N) is 1. The summed E-state index contributed by atoms with van der Waals surface area (Å²) in [5.41, 5.74) is 5.08. The summed E-state index contributed by atoms with van der Waals surface area (Å²) in [7, 11) is 0. The Hall–Kier alpha value is -0.820. The predicted octanol–water partition coefficient (Wildman–Crippen LogP) is 0.334. The van der Waals surface area contributed by atoms with Crippen LogP contribution in [0.4, 0.5) is 13.2 Å². The molecule has 1 unspecified atom stereocenters. The van der Waals surface area contributed by atoms with Crippen LogP contribution >= 0.6 is 0 Å². The summed E-state index contributed by atoms with van der Waals surface area (Å²) in [5.74, 6) is -0.637. The van der Waals surface area contributed by atoms with Gasteiger partial charge in [0.25, 0.3) is 0 Å². The molecule has 0 bridgehead atoms. The van der Waals surface area contributed by atoms with Crippen LogP contribution in [0.15, 0.2) is 0 Å². The van der Waals surface area contributed by atoms with Crippen molar-refractivity contribution in [1.82, 2.24) is 10.2 Å². The van der Waals surface area contributed by atoms with E-state index in [4.69, 9.17) is 5.73 Å². The molecule has 1 amide bonds. The quantitative estimate of drug-likeness (QED) is 0.675. The molecule has 0 aliphatic rings. The van der Waals surface area contributed by atoms with Gasteiger partial charge in [0.15, 0.2) is 0 Å². The van der Waals surface area contributed by atoms with E-state index in [-0.39, 0.29) is 13.1 Å². The van der Waals surface area contributed by atoms with E-state index >= 15 is 0 Å². The Labute approximate surface area is 93.0 Å². The lowest BCUT2D eigenvalue weighted by molar-refractivity contribution is -0.147. The number of amides is 1. The van der Waals surface area contributed by atoms with E-state index in [2.05, 4.69) is 5.32 Å². The van der Waals surface area contributed by atoms with Crippen LogP contribution in [0, 0.1) is 0 Å². The maximum absolute atomic E-state index is 12.2. The van der Waals surface area contributed by atoms with Crippen LogP contribution in [-0.2, 0) is 4.79 Å². The zero-order valence-electron chi connectivity index (χ0n) is 9.47. The Morgan fingerprint density at radius 2 is 2.00 bits per heavy atom. The lowest BCUT2D eigenvalue weighted by atomic mass is 10.2. The second kappa shape index (κ2) is 6.70. The molecule has 0 heterocycles. The summed E-state index contributed by atoms with van der Waals surface area (Å²) < 4.78 is 36.5. The summed E-state index contributed by atoms with van der Waals surface area (Å²) in [6.45, 7) is 3.01. The Bertz CT molecular complexity index is 221. The summed E-state index contributed by atoms with van der Waals surface area (Å²) in [5, 5.41) is 2.75.